The van der Waals surface area contributed by atoms with Gasteiger partial charge in [-0.1, -0.05) is 16.3 Å². The van der Waals surface area contributed by atoms with E-state index in [0.29, 0.717) is 11.4 Å². The first-order valence-electron chi connectivity index (χ1n) is 8.20. The van der Waals surface area contributed by atoms with E-state index in [1.165, 1.54) is 53.1 Å². The molecule has 4 aromatic rings. The van der Waals surface area contributed by atoms with Gasteiger partial charge in [0.1, 0.15) is 15.6 Å². The summed E-state index contributed by atoms with van der Waals surface area (Å²) in [4.78, 5) is 33.6. The number of thioether (sulfide) groups is 1. The lowest BCUT2D eigenvalue weighted by Crippen LogP contribution is -2.12. The average Bonchev–Trinajstić information content (AvgIpc) is 3.44. The molecule has 3 aromatic heterocycles. The second kappa shape index (κ2) is 8.53. The number of carbonyl (C=O) groups is 2. The van der Waals surface area contributed by atoms with Gasteiger partial charge in [0.2, 0.25) is 0 Å². The molecule has 0 unspecified atom stereocenters. The number of carbonyl (C=O) groups excluding carboxylic acids is 2. The molecule has 148 valence electrons. The molecule has 3 heterocycles. The fourth-order valence-electron chi connectivity index (χ4n) is 2.33. The van der Waals surface area contributed by atoms with Crippen molar-refractivity contribution in [3.8, 4) is 9.88 Å². The highest BCUT2D eigenvalue weighted by molar-refractivity contribution is 8.01. The molecule has 1 aromatic carbocycles. The Morgan fingerprint density at radius 1 is 1.28 bits per heavy atom. The average molecular weight is 464 g/mol. The molecule has 29 heavy (non-hydrogen) atoms. The van der Waals surface area contributed by atoms with Gasteiger partial charge in [-0.3, -0.25) is 9.59 Å². The van der Waals surface area contributed by atoms with E-state index < -0.39 is 0 Å². The summed E-state index contributed by atoms with van der Waals surface area (Å²) in [7, 11) is 1.36. The van der Waals surface area contributed by atoms with Gasteiger partial charge < -0.3 is 10.1 Å². The fourth-order valence-corrected chi connectivity index (χ4v) is 5.85. The minimum Gasteiger partial charge on any atom is -0.468 e. The number of aryl methyl sites for hydroxylation is 1. The normalized spacial score (nSPS) is 11.0. The predicted octanol–water partition coefficient (Wildman–Crippen LogP) is 4.10. The highest BCUT2D eigenvalue weighted by Crippen LogP contribution is 2.32. The van der Waals surface area contributed by atoms with Gasteiger partial charge in [-0.2, -0.15) is 0 Å². The molecule has 8 nitrogen and oxygen atoms in total. The second-order valence-corrected chi connectivity index (χ2v) is 9.57. The summed E-state index contributed by atoms with van der Waals surface area (Å²) in [5, 5.41) is 9.29. The van der Waals surface area contributed by atoms with Crippen molar-refractivity contribution in [3.05, 3.63) is 35.0 Å². The van der Waals surface area contributed by atoms with Gasteiger partial charge in [-0.05, 0) is 36.7 Å². The Hall–Kier alpha value is -2.41. The maximum atomic E-state index is 12.6. The Morgan fingerprint density at radius 2 is 2.14 bits per heavy atom. The summed E-state index contributed by atoms with van der Waals surface area (Å²) < 4.78 is 10.2. The first-order chi connectivity index (χ1) is 14.0. The van der Waals surface area contributed by atoms with Gasteiger partial charge in [-0.25, -0.2) is 9.97 Å². The molecule has 0 atom stereocenters. The third-order valence-electron chi connectivity index (χ3n) is 3.75. The van der Waals surface area contributed by atoms with Gasteiger partial charge in [0.25, 0.3) is 5.91 Å². The maximum absolute atomic E-state index is 12.6. The summed E-state index contributed by atoms with van der Waals surface area (Å²) in [6, 6.07) is 5.49. The predicted molar refractivity (Wildman–Crippen MR) is 116 cm³/mol. The number of benzene rings is 1. The van der Waals surface area contributed by atoms with E-state index >= 15 is 0 Å². The Bertz CT molecular complexity index is 1200. The number of ether oxygens (including phenoxy) is 1. The van der Waals surface area contributed by atoms with Crippen LogP contribution in [0, 0.1) is 6.92 Å². The third kappa shape index (κ3) is 4.45. The van der Waals surface area contributed by atoms with E-state index in [1.54, 1.807) is 11.4 Å². The van der Waals surface area contributed by atoms with Crippen LogP contribution in [0.3, 0.4) is 0 Å². The molecule has 0 spiro atoms. The van der Waals surface area contributed by atoms with Crippen LogP contribution in [0.15, 0.2) is 27.9 Å². The van der Waals surface area contributed by atoms with Crippen molar-refractivity contribution >= 4 is 73.7 Å². The molecule has 0 aliphatic heterocycles. The molecule has 0 aliphatic rings. The Kier molecular flexibility index (Phi) is 5.85. The minimum atomic E-state index is -0.297. The van der Waals surface area contributed by atoms with E-state index in [1.807, 2.05) is 19.1 Å². The molecule has 0 bridgehead atoms. The number of aromatic nitrogens is 4. The van der Waals surface area contributed by atoms with Crippen molar-refractivity contribution < 1.29 is 14.3 Å². The van der Waals surface area contributed by atoms with Gasteiger partial charge in [-0.15, -0.1) is 27.8 Å². The summed E-state index contributed by atoms with van der Waals surface area (Å²) in [5.74, 6) is -0.373. The number of fused-ring (bicyclic) bond motifs is 1. The minimum absolute atomic E-state index is 0.209. The molecule has 4 rings (SSSR count). The highest BCUT2D eigenvalue weighted by atomic mass is 32.2. The van der Waals surface area contributed by atoms with Crippen molar-refractivity contribution in [1.82, 2.24) is 19.6 Å². The van der Waals surface area contributed by atoms with Crippen LogP contribution in [-0.4, -0.2) is 44.3 Å². The first kappa shape index (κ1) is 19.9. The number of nitrogens with zero attached hydrogens (tertiary/aromatic N) is 4. The number of anilines is 1. The number of methoxy groups -OCH3 is 1. The molecule has 0 fully saturated rings. The van der Waals surface area contributed by atoms with Crippen molar-refractivity contribution in [2.24, 2.45) is 0 Å². The molecule has 0 saturated carbocycles. The van der Waals surface area contributed by atoms with E-state index in [2.05, 4.69) is 29.6 Å². The summed E-state index contributed by atoms with van der Waals surface area (Å²) in [5.41, 5.74) is 2.61. The largest absolute Gasteiger partial charge is 0.468 e. The molecule has 0 aliphatic carbocycles. The van der Waals surface area contributed by atoms with Crippen molar-refractivity contribution in [2.45, 2.75) is 11.3 Å². The molecule has 12 heteroatoms. The standard InChI is InChI=1S/C17H13N5O3S4/c1-8-14(29-22-21-8)16-19-11(6-26-16)15(24)18-9-3-4-10-12(5-9)28-17(20-10)27-7-13(23)25-2/h3-6H,7H2,1-2H3,(H,18,24). The highest BCUT2D eigenvalue weighted by Gasteiger charge is 2.16. The SMILES string of the molecule is COC(=O)CSc1nc2ccc(NC(=O)c3csc(-c4snnc4C)n3)cc2s1. The zero-order valence-corrected chi connectivity index (χ0v) is 18.4. The fraction of sp³-hybridized carbons (Fsp3) is 0.176. The monoisotopic (exact) mass is 463 g/mol. The summed E-state index contributed by atoms with van der Waals surface area (Å²) >= 11 is 5.43. The third-order valence-corrected chi connectivity index (χ3v) is 7.71. The van der Waals surface area contributed by atoms with Crippen LogP contribution >= 0.6 is 46.0 Å². The van der Waals surface area contributed by atoms with Crippen molar-refractivity contribution in [1.29, 1.82) is 0 Å². The molecule has 1 amide bonds. The lowest BCUT2D eigenvalue weighted by Gasteiger charge is -2.02. The van der Waals surface area contributed by atoms with Gasteiger partial charge in [0.05, 0.1) is 28.8 Å². The summed E-state index contributed by atoms with van der Waals surface area (Å²) in [6.45, 7) is 1.86. The van der Waals surface area contributed by atoms with Gasteiger partial charge in [0, 0.05) is 11.1 Å². The maximum Gasteiger partial charge on any atom is 0.316 e. The van der Waals surface area contributed by atoms with Crippen LogP contribution in [0.4, 0.5) is 5.69 Å². The van der Waals surface area contributed by atoms with E-state index in [9.17, 15) is 9.59 Å². The Morgan fingerprint density at radius 3 is 2.90 bits per heavy atom. The smallest absolute Gasteiger partial charge is 0.316 e. The first-order valence-corrected chi connectivity index (χ1v) is 11.7. The van der Waals surface area contributed by atoms with Crippen LogP contribution in [-0.2, 0) is 9.53 Å². The van der Waals surface area contributed by atoms with E-state index in [0.717, 1.165) is 30.1 Å². The Labute approximate surface area is 181 Å². The molecule has 1 N–H and O–H groups in total. The Balaban J connectivity index is 1.47. The van der Waals surface area contributed by atoms with Gasteiger partial charge in [0.15, 0.2) is 4.34 Å². The lowest BCUT2D eigenvalue weighted by atomic mass is 10.3. The van der Waals surface area contributed by atoms with Crippen LogP contribution in [0.25, 0.3) is 20.1 Å². The number of hydrogen-bond acceptors (Lipinski definition) is 11. The molecule has 0 saturated heterocycles. The van der Waals surface area contributed by atoms with Crippen molar-refractivity contribution in [3.63, 3.8) is 0 Å². The van der Waals surface area contributed by atoms with Crippen LogP contribution in [0.1, 0.15) is 16.2 Å². The number of hydrogen-bond donors (Lipinski definition) is 1. The number of rotatable bonds is 6. The lowest BCUT2D eigenvalue weighted by molar-refractivity contribution is -0.137. The number of esters is 1. The van der Waals surface area contributed by atoms with Crippen LogP contribution < -0.4 is 5.32 Å². The molecular weight excluding hydrogens is 450 g/mol. The zero-order chi connectivity index (χ0) is 20.4. The summed E-state index contributed by atoms with van der Waals surface area (Å²) in [6.07, 6.45) is 0. The second-order valence-electron chi connectivity index (χ2n) is 5.71. The zero-order valence-electron chi connectivity index (χ0n) is 15.2. The molecule has 0 radical (unpaired) electrons. The number of thiazole rings is 2. The van der Waals surface area contributed by atoms with Gasteiger partial charge >= 0.3 is 5.97 Å². The quantitative estimate of drug-likeness (QED) is 0.336. The number of amides is 1. The van der Waals surface area contributed by atoms with E-state index in [4.69, 9.17) is 0 Å². The topological polar surface area (TPSA) is 107 Å². The van der Waals surface area contributed by atoms with Crippen LogP contribution in [0.5, 0.6) is 0 Å². The van der Waals surface area contributed by atoms with Crippen molar-refractivity contribution in [2.75, 3.05) is 18.2 Å². The van der Waals surface area contributed by atoms with E-state index in [-0.39, 0.29) is 17.6 Å². The van der Waals surface area contributed by atoms with Crippen LogP contribution in [0.2, 0.25) is 0 Å². The number of nitrogens with one attached hydrogen (secondary N) is 1. The molecular formula is C17H13N5O3S4.